The minimum atomic E-state index is -0.316. The smallest absolute Gasteiger partial charge is 0.234 e. The van der Waals surface area contributed by atoms with Crippen LogP contribution in [0.2, 0.25) is 0 Å². The highest BCUT2D eigenvalue weighted by molar-refractivity contribution is 5.93. The first-order valence-electron chi connectivity index (χ1n) is 7.22. The molecule has 0 saturated carbocycles. The van der Waals surface area contributed by atoms with Gasteiger partial charge in [0.2, 0.25) is 5.91 Å². The number of oxime groups is 1. The van der Waals surface area contributed by atoms with Crippen LogP contribution in [0, 0.1) is 0 Å². The highest BCUT2D eigenvalue weighted by Gasteiger charge is 2.38. The Kier molecular flexibility index (Phi) is 3.68. The first-order chi connectivity index (χ1) is 10.2. The topological polar surface area (TPSA) is 88.2 Å². The number of hydrogen-bond donors (Lipinski definition) is 2. The van der Waals surface area contributed by atoms with Crippen LogP contribution in [0.3, 0.4) is 0 Å². The van der Waals surface area contributed by atoms with Crippen molar-refractivity contribution in [2.45, 2.75) is 31.2 Å². The summed E-state index contributed by atoms with van der Waals surface area (Å²) < 4.78 is 5.59. The summed E-state index contributed by atoms with van der Waals surface area (Å²) >= 11 is 0. The Balaban J connectivity index is 1.84. The van der Waals surface area contributed by atoms with Gasteiger partial charge < -0.3 is 20.6 Å². The van der Waals surface area contributed by atoms with Gasteiger partial charge in [-0.25, -0.2) is 0 Å². The number of rotatable bonds is 2. The fourth-order valence-electron chi connectivity index (χ4n) is 3.14. The Hall–Kier alpha value is -2.24. The number of carbonyl (C=O) groups excluding carboxylic acids is 1. The Bertz CT molecular complexity index is 573. The molecule has 0 bridgehead atoms. The first kappa shape index (κ1) is 13.7. The normalized spacial score (nSPS) is 25.3. The molecule has 1 fully saturated rings. The van der Waals surface area contributed by atoms with Crippen molar-refractivity contribution in [3.8, 4) is 5.75 Å². The Labute approximate surface area is 123 Å². The summed E-state index contributed by atoms with van der Waals surface area (Å²) in [4.78, 5) is 14.6. The zero-order valence-corrected chi connectivity index (χ0v) is 11.7. The second-order valence-electron chi connectivity index (χ2n) is 5.47. The second-order valence-corrected chi connectivity index (χ2v) is 5.47. The van der Waals surface area contributed by atoms with Crippen molar-refractivity contribution in [3.63, 3.8) is 0 Å². The molecule has 1 saturated heterocycles. The van der Waals surface area contributed by atoms with Gasteiger partial charge >= 0.3 is 0 Å². The number of nitrogens with two attached hydrogens (primary N) is 1. The molecule has 1 aromatic carbocycles. The van der Waals surface area contributed by atoms with E-state index >= 15 is 0 Å². The molecule has 3 N–H and O–H groups in total. The van der Waals surface area contributed by atoms with Crippen molar-refractivity contribution >= 4 is 11.7 Å². The molecule has 2 atom stereocenters. The van der Waals surface area contributed by atoms with Gasteiger partial charge in [-0.2, -0.15) is 0 Å². The molecule has 6 heteroatoms. The minimum absolute atomic E-state index is 0.00347. The predicted octanol–water partition coefficient (Wildman–Crippen LogP) is 1.29. The van der Waals surface area contributed by atoms with E-state index in [1.807, 2.05) is 24.3 Å². The van der Waals surface area contributed by atoms with E-state index in [2.05, 4.69) is 5.16 Å². The summed E-state index contributed by atoms with van der Waals surface area (Å²) in [5.74, 6) is 0.577. The standard InChI is InChI=1S/C15H19N3O3/c16-14(17-20)12-6-3-4-8-18(12)15(19)11-9-21-13-7-2-1-5-10(11)13/h1-2,5,7,11-12,20H,3-4,6,8-9H2,(H2,16,17). The largest absolute Gasteiger partial charge is 0.492 e. The second kappa shape index (κ2) is 5.63. The number of para-hydroxylation sites is 1. The number of benzene rings is 1. The molecule has 2 aliphatic rings. The molecule has 1 amide bonds. The summed E-state index contributed by atoms with van der Waals surface area (Å²) in [6, 6.07) is 7.29. The maximum absolute atomic E-state index is 12.8. The van der Waals surface area contributed by atoms with Gasteiger partial charge in [0, 0.05) is 12.1 Å². The Morgan fingerprint density at radius 1 is 1.38 bits per heavy atom. The third-order valence-electron chi connectivity index (χ3n) is 4.24. The zero-order chi connectivity index (χ0) is 14.8. The highest BCUT2D eigenvalue weighted by atomic mass is 16.5. The molecule has 2 unspecified atom stereocenters. The summed E-state index contributed by atoms with van der Waals surface area (Å²) in [5, 5.41) is 12.0. The van der Waals surface area contributed by atoms with Gasteiger partial charge in [-0.1, -0.05) is 23.4 Å². The zero-order valence-electron chi connectivity index (χ0n) is 11.7. The molecule has 6 nitrogen and oxygen atoms in total. The van der Waals surface area contributed by atoms with Crippen LogP contribution >= 0.6 is 0 Å². The fourth-order valence-corrected chi connectivity index (χ4v) is 3.14. The lowest BCUT2D eigenvalue weighted by atomic mass is 9.95. The van der Waals surface area contributed by atoms with Crippen LogP contribution in [0.5, 0.6) is 5.75 Å². The summed E-state index contributed by atoms with van der Waals surface area (Å²) in [6.45, 7) is 0.996. The van der Waals surface area contributed by atoms with Gasteiger partial charge in [-0.05, 0) is 25.3 Å². The maximum atomic E-state index is 12.8. The van der Waals surface area contributed by atoms with Crippen LogP contribution in [0.4, 0.5) is 0 Å². The average molecular weight is 289 g/mol. The molecule has 0 radical (unpaired) electrons. The fraction of sp³-hybridized carbons (Fsp3) is 0.467. The molecular weight excluding hydrogens is 270 g/mol. The van der Waals surface area contributed by atoms with Gasteiger partial charge in [0.05, 0.1) is 6.04 Å². The van der Waals surface area contributed by atoms with E-state index in [4.69, 9.17) is 15.7 Å². The van der Waals surface area contributed by atoms with Crippen LogP contribution in [-0.2, 0) is 4.79 Å². The number of nitrogens with zero attached hydrogens (tertiary/aromatic N) is 2. The maximum Gasteiger partial charge on any atom is 0.234 e. The molecule has 0 spiro atoms. The van der Waals surface area contributed by atoms with Crippen LogP contribution < -0.4 is 10.5 Å². The van der Waals surface area contributed by atoms with E-state index in [9.17, 15) is 4.79 Å². The lowest BCUT2D eigenvalue weighted by Crippen LogP contribution is -2.52. The first-order valence-corrected chi connectivity index (χ1v) is 7.22. The third-order valence-corrected chi connectivity index (χ3v) is 4.24. The van der Waals surface area contributed by atoms with E-state index in [0.29, 0.717) is 13.2 Å². The number of likely N-dealkylation sites (tertiary alicyclic amines) is 1. The molecule has 2 aliphatic heterocycles. The van der Waals surface area contributed by atoms with Crippen molar-refractivity contribution < 1.29 is 14.7 Å². The number of piperidine rings is 1. The van der Waals surface area contributed by atoms with Gasteiger partial charge in [-0.15, -0.1) is 0 Å². The number of fused-ring (bicyclic) bond motifs is 1. The molecule has 21 heavy (non-hydrogen) atoms. The van der Waals surface area contributed by atoms with Crippen molar-refractivity contribution in [3.05, 3.63) is 29.8 Å². The lowest BCUT2D eigenvalue weighted by Gasteiger charge is -2.36. The highest BCUT2D eigenvalue weighted by Crippen LogP contribution is 2.35. The molecule has 2 heterocycles. The van der Waals surface area contributed by atoms with E-state index in [1.54, 1.807) is 4.90 Å². The van der Waals surface area contributed by atoms with Crippen molar-refractivity contribution in [2.24, 2.45) is 10.9 Å². The minimum Gasteiger partial charge on any atom is -0.492 e. The number of carbonyl (C=O) groups is 1. The van der Waals surface area contributed by atoms with Crippen molar-refractivity contribution in [2.75, 3.05) is 13.2 Å². The van der Waals surface area contributed by atoms with Gasteiger partial charge in [0.1, 0.15) is 18.3 Å². The van der Waals surface area contributed by atoms with Crippen LogP contribution in [0.25, 0.3) is 0 Å². The SMILES string of the molecule is NC(=NO)C1CCCCN1C(=O)C1COc2ccccc21. The van der Waals surface area contributed by atoms with E-state index in [1.165, 1.54) is 0 Å². The van der Waals surface area contributed by atoms with Crippen LogP contribution in [0.1, 0.15) is 30.7 Å². The summed E-state index contributed by atoms with van der Waals surface area (Å²) in [6.07, 6.45) is 2.65. The average Bonchev–Trinajstić information content (AvgIpc) is 2.97. The van der Waals surface area contributed by atoms with Crippen LogP contribution in [0.15, 0.2) is 29.4 Å². The van der Waals surface area contributed by atoms with E-state index in [-0.39, 0.29) is 23.7 Å². The lowest BCUT2D eigenvalue weighted by molar-refractivity contribution is -0.135. The molecular formula is C15H19N3O3. The number of amidine groups is 1. The van der Waals surface area contributed by atoms with Gasteiger partial charge in [0.15, 0.2) is 5.84 Å². The molecule has 3 rings (SSSR count). The number of hydrogen-bond acceptors (Lipinski definition) is 4. The van der Waals surface area contributed by atoms with Gasteiger partial charge in [-0.3, -0.25) is 4.79 Å². The molecule has 0 aliphatic carbocycles. The molecule has 0 aromatic heterocycles. The number of ether oxygens (including phenoxy) is 1. The van der Waals surface area contributed by atoms with E-state index < -0.39 is 0 Å². The Morgan fingerprint density at radius 2 is 2.19 bits per heavy atom. The summed E-state index contributed by atoms with van der Waals surface area (Å²) in [7, 11) is 0. The number of amides is 1. The van der Waals surface area contributed by atoms with Crippen molar-refractivity contribution in [1.29, 1.82) is 0 Å². The summed E-state index contributed by atoms with van der Waals surface area (Å²) in [5.41, 5.74) is 6.67. The third kappa shape index (κ3) is 2.41. The molecule has 1 aromatic rings. The van der Waals surface area contributed by atoms with E-state index in [0.717, 1.165) is 30.6 Å². The van der Waals surface area contributed by atoms with Crippen LogP contribution in [-0.4, -0.2) is 41.0 Å². The predicted molar refractivity (Wildman–Crippen MR) is 77.4 cm³/mol. The quantitative estimate of drug-likeness (QED) is 0.372. The Morgan fingerprint density at radius 3 is 3.00 bits per heavy atom. The van der Waals surface area contributed by atoms with Crippen molar-refractivity contribution in [1.82, 2.24) is 4.90 Å². The monoisotopic (exact) mass is 289 g/mol. The molecule has 112 valence electrons. The van der Waals surface area contributed by atoms with Gasteiger partial charge in [0.25, 0.3) is 0 Å².